The highest BCUT2D eigenvalue weighted by Crippen LogP contribution is 2.66. The van der Waals surface area contributed by atoms with Crippen LogP contribution in [0.1, 0.15) is 44.5 Å². The van der Waals surface area contributed by atoms with Crippen LogP contribution in [0.25, 0.3) is 55.3 Å². The van der Waals surface area contributed by atoms with Gasteiger partial charge in [-0.3, -0.25) is 0 Å². The Balaban J connectivity index is 1.11. The minimum atomic E-state index is -0.545. The molecule has 0 fully saturated rings. The number of hydrogen-bond donors (Lipinski definition) is 0. The molecule has 0 amide bonds. The van der Waals surface area contributed by atoms with Crippen LogP contribution < -0.4 is 4.74 Å². The highest BCUT2D eigenvalue weighted by Gasteiger charge is 2.54. The minimum absolute atomic E-state index is 0.414. The zero-order valence-corrected chi connectivity index (χ0v) is 29.9. The van der Waals surface area contributed by atoms with E-state index < -0.39 is 10.8 Å². The standard InChI is InChI=1S/C54H32O/c1-2-15-35-33(14-1)28-31-48-51(35)40-19-6-10-24-45(40)53(48)42-21-7-5-18-39(42)41-32-34(29-30-46(41)53)36-20-13-27-50-52(36)54(47-25-11-12-26-49(47)55-50)43-22-8-3-16-37(43)38-17-4-9-23-44(38)54/h1-32H. The summed E-state index contributed by atoms with van der Waals surface area (Å²) in [6, 6.07) is 72.3. The lowest BCUT2D eigenvalue weighted by Crippen LogP contribution is -2.32. The topological polar surface area (TPSA) is 9.23 Å². The molecule has 3 aliphatic carbocycles. The summed E-state index contributed by atoms with van der Waals surface area (Å²) >= 11 is 0. The average molecular weight is 697 g/mol. The first-order chi connectivity index (χ1) is 27.3. The van der Waals surface area contributed by atoms with Gasteiger partial charge in [-0.25, -0.2) is 0 Å². The number of para-hydroxylation sites is 1. The first kappa shape index (κ1) is 29.5. The zero-order valence-electron chi connectivity index (χ0n) is 29.9. The maximum absolute atomic E-state index is 6.89. The molecule has 0 radical (unpaired) electrons. The molecule has 9 aromatic rings. The zero-order chi connectivity index (χ0) is 35.9. The molecule has 1 aliphatic heterocycles. The van der Waals surface area contributed by atoms with E-state index in [1.165, 1.54) is 99.8 Å². The Morgan fingerprint density at radius 1 is 0.309 bits per heavy atom. The third kappa shape index (κ3) is 3.42. The molecule has 1 heterocycles. The van der Waals surface area contributed by atoms with Crippen LogP contribution in [0, 0.1) is 0 Å². The van der Waals surface area contributed by atoms with E-state index in [4.69, 9.17) is 4.74 Å². The molecule has 1 atom stereocenters. The van der Waals surface area contributed by atoms with E-state index >= 15 is 0 Å². The molecule has 254 valence electrons. The molecule has 0 saturated heterocycles. The second-order valence-electron chi connectivity index (χ2n) is 15.4. The normalized spacial score (nSPS) is 16.7. The number of hydrogen-bond acceptors (Lipinski definition) is 1. The Morgan fingerprint density at radius 3 is 1.56 bits per heavy atom. The van der Waals surface area contributed by atoms with Crippen molar-refractivity contribution >= 4 is 10.8 Å². The molecule has 1 heteroatoms. The summed E-state index contributed by atoms with van der Waals surface area (Å²) in [4.78, 5) is 0. The molecule has 0 N–H and O–H groups in total. The molecule has 0 bridgehead atoms. The van der Waals surface area contributed by atoms with Crippen LogP contribution in [0.15, 0.2) is 194 Å². The van der Waals surface area contributed by atoms with Crippen LogP contribution in [-0.2, 0) is 10.8 Å². The molecular formula is C54H32O. The van der Waals surface area contributed by atoms with Gasteiger partial charge in [-0.05, 0) is 107 Å². The van der Waals surface area contributed by atoms with E-state index in [1.807, 2.05) is 0 Å². The van der Waals surface area contributed by atoms with Crippen LogP contribution in [0.2, 0.25) is 0 Å². The maximum Gasteiger partial charge on any atom is 0.132 e. The van der Waals surface area contributed by atoms with E-state index in [0.717, 1.165) is 11.5 Å². The second-order valence-corrected chi connectivity index (χ2v) is 15.4. The highest BCUT2D eigenvalue weighted by molar-refractivity contribution is 6.06. The molecule has 9 aromatic carbocycles. The van der Waals surface area contributed by atoms with Crippen molar-refractivity contribution in [2.75, 3.05) is 0 Å². The first-order valence-electron chi connectivity index (χ1n) is 19.3. The Hall–Kier alpha value is -6.96. The number of ether oxygens (including phenoxy) is 1. The fraction of sp³-hybridized carbons (Fsp3) is 0.0370. The maximum atomic E-state index is 6.89. The predicted molar refractivity (Wildman–Crippen MR) is 223 cm³/mol. The van der Waals surface area contributed by atoms with Crippen LogP contribution in [0.5, 0.6) is 11.5 Å². The summed E-state index contributed by atoms with van der Waals surface area (Å²) in [5.41, 5.74) is 19.7. The fourth-order valence-electron chi connectivity index (χ4n) is 11.2. The van der Waals surface area contributed by atoms with Crippen molar-refractivity contribution in [1.29, 1.82) is 0 Å². The smallest absolute Gasteiger partial charge is 0.132 e. The number of rotatable bonds is 1. The van der Waals surface area contributed by atoms with E-state index in [1.54, 1.807) is 0 Å². The third-order valence-corrected chi connectivity index (χ3v) is 13.2. The first-order valence-corrected chi connectivity index (χ1v) is 19.3. The molecule has 1 unspecified atom stereocenters. The van der Waals surface area contributed by atoms with E-state index in [2.05, 4.69) is 194 Å². The van der Waals surface area contributed by atoms with Crippen molar-refractivity contribution in [3.63, 3.8) is 0 Å². The second kappa shape index (κ2) is 10.4. The minimum Gasteiger partial charge on any atom is -0.457 e. The van der Waals surface area contributed by atoms with Gasteiger partial charge < -0.3 is 4.74 Å². The molecule has 0 aromatic heterocycles. The average Bonchev–Trinajstić information content (AvgIpc) is 3.84. The Kier molecular flexibility index (Phi) is 5.56. The van der Waals surface area contributed by atoms with Crippen molar-refractivity contribution in [3.8, 4) is 56.0 Å². The summed E-state index contributed by atoms with van der Waals surface area (Å²) in [5, 5.41) is 2.59. The van der Waals surface area contributed by atoms with Gasteiger partial charge in [0.1, 0.15) is 11.5 Å². The van der Waals surface area contributed by atoms with Crippen LogP contribution in [0.4, 0.5) is 0 Å². The van der Waals surface area contributed by atoms with Gasteiger partial charge in [0, 0.05) is 11.1 Å². The van der Waals surface area contributed by atoms with Crippen LogP contribution >= 0.6 is 0 Å². The lowest BCUT2D eigenvalue weighted by molar-refractivity contribution is 0.437. The molecule has 0 saturated carbocycles. The fourth-order valence-corrected chi connectivity index (χ4v) is 11.2. The molecular weight excluding hydrogens is 665 g/mol. The molecule has 13 rings (SSSR count). The number of benzene rings is 9. The van der Waals surface area contributed by atoms with Gasteiger partial charge in [-0.15, -0.1) is 0 Å². The molecule has 4 aliphatic rings. The van der Waals surface area contributed by atoms with Crippen molar-refractivity contribution in [2.24, 2.45) is 0 Å². The van der Waals surface area contributed by atoms with Crippen LogP contribution in [0.3, 0.4) is 0 Å². The van der Waals surface area contributed by atoms with Gasteiger partial charge in [0.2, 0.25) is 0 Å². The van der Waals surface area contributed by atoms with Gasteiger partial charge in [0.15, 0.2) is 0 Å². The molecule has 2 spiro atoms. The van der Waals surface area contributed by atoms with Crippen molar-refractivity contribution < 1.29 is 4.74 Å². The highest BCUT2D eigenvalue weighted by atomic mass is 16.5. The lowest BCUT2D eigenvalue weighted by atomic mass is 9.64. The van der Waals surface area contributed by atoms with Crippen LogP contribution in [-0.4, -0.2) is 0 Å². The molecule has 55 heavy (non-hydrogen) atoms. The van der Waals surface area contributed by atoms with Gasteiger partial charge in [-0.2, -0.15) is 0 Å². The summed E-state index contributed by atoms with van der Waals surface area (Å²) < 4.78 is 6.89. The largest absolute Gasteiger partial charge is 0.457 e. The summed E-state index contributed by atoms with van der Waals surface area (Å²) in [6.07, 6.45) is 0. The lowest BCUT2D eigenvalue weighted by Gasteiger charge is -2.40. The van der Waals surface area contributed by atoms with Gasteiger partial charge in [-0.1, -0.05) is 176 Å². The van der Waals surface area contributed by atoms with Gasteiger partial charge >= 0.3 is 0 Å². The Labute approximate surface area is 319 Å². The van der Waals surface area contributed by atoms with Crippen molar-refractivity contribution in [3.05, 3.63) is 239 Å². The Morgan fingerprint density at radius 2 is 0.818 bits per heavy atom. The van der Waals surface area contributed by atoms with E-state index in [9.17, 15) is 0 Å². The van der Waals surface area contributed by atoms with E-state index in [0.29, 0.717) is 0 Å². The third-order valence-electron chi connectivity index (χ3n) is 13.2. The summed E-state index contributed by atoms with van der Waals surface area (Å²) in [5.74, 6) is 1.82. The molecule has 1 nitrogen and oxygen atoms in total. The summed E-state index contributed by atoms with van der Waals surface area (Å²) in [7, 11) is 0. The predicted octanol–water partition coefficient (Wildman–Crippen LogP) is 13.3. The number of fused-ring (bicyclic) bond motifs is 21. The Bertz CT molecular complexity index is 3100. The monoisotopic (exact) mass is 696 g/mol. The van der Waals surface area contributed by atoms with Gasteiger partial charge in [0.05, 0.1) is 10.8 Å². The van der Waals surface area contributed by atoms with Gasteiger partial charge in [0.25, 0.3) is 0 Å². The SMILES string of the molecule is c1ccc2c(c1)Oc1cccc(-c3ccc4c(c3)-c3ccccc3C43c4ccccc4-c4c3ccc3ccccc43)c1C21c2ccccc2-c2ccccc21. The van der Waals surface area contributed by atoms with E-state index in [-0.39, 0.29) is 0 Å². The summed E-state index contributed by atoms with van der Waals surface area (Å²) in [6.45, 7) is 0. The van der Waals surface area contributed by atoms with Crippen molar-refractivity contribution in [2.45, 2.75) is 10.8 Å². The van der Waals surface area contributed by atoms with Crippen molar-refractivity contribution in [1.82, 2.24) is 0 Å². The quantitative estimate of drug-likeness (QED) is 0.166.